The zero-order valence-corrected chi connectivity index (χ0v) is 9.03. The van der Waals surface area contributed by atoms with Crippen molar-refractivity contribution in [3.05, 3.63) is 34.2 Å². The van der Waals surface area contributed by atoms with Crippen LogP contribution in [0.4, 0.5) is 13.2 Å². The maximum Gasteiger partial charge on any atom is 0.451 e. The highest BCUT2D eigenvalue weighted by Crippen LogP contribution is 2.32. The molecular formula is C9H3Cl2F3N2. The van der Waals surface area contributed by atoms with E-state index in [9.17, 15) is 13.2 Å². The minimum absolute atomic E-state index is 0.00325. The first-order valence-corrected chi connectivity index (χ1v) is 4.84. The van der Waals surface area contributed by atoms with Gasteiger partial charge in [0.05, 0.1) is 10.5 Å². The molecule has 1 aromatic carbocycles. The summed E-state index contributed by atoms with van der Waals surface area (Å²) in [5, 5.41) is 0.134. The normalized spacial score (nSPS) is 12.1. The lowest BCUT2D eigenvalue weighted by Gasteiger charge is -2.07. The predicted molar refractivity (Wildman–Crippen MR) is 54.6 cm³/mol. The molecule has 0 spiro atoms. The molecule has 0 saturated carbocycles. The average molecular weight is 267 g/mol. The second kappa shape index (κ2) is 3.75. The van der Waals surface area contributed by atoms with E-state index in [2.05, 4.69) is 9.97 Å². The maximum atomic E-state index is 12.4. The van der Waals surface area contributed by atoms with E-state index in [0.29, 0.717) is 5.39 Å². The van der Waals surface area contributed by atoms with Gasteiger partial charge in [-0.15, -0.1) is 0 Å². The van der Waals surface area contributed by atoms with Gasteiger partial charge in [-0.2, -0.15) is 13.2 Å². The van der Waals surface area contributed by atoms with Gasteiger partial charge < -0.3 is 0 Å². The van der Waals surface area contributed by atoms with Crippen LogP contribution in [0.15, 0.2) is 18.2 Å². The number of aromatic nitrogens is 2. The number of rotatable bonds is 0. The molecule has 0 aliphatic heterocycles. The Morgan fingerprint density at radius 3 is 2.38 bits per heavy atom. The van der Waals surface area contributed by atoms with Crippen molar-refractivity contribution >= 4 is 34.1 Å². The third-order valence-corrected chi connectivity index (χ3v) is 2.48. The summed E-state index contributed by atoms with van der Waals surface area (Å²) in [5.74, 6) is -1.29. The fourth-order valence-electron chi connectivity index (χ4n) is 1.21. The van der Waals surface area contributed by atoms with E-state index in [4.69, 9.17) is 23.2 Å². The predicted octanol–water partition coefficient (Wildman–Crippen LogP) is 3.96. The molecule has 0 fully saturated rings. The van der Waals surface area contributed by atoms with Crippen molar-refractivity contribution in [3.63, 3.8) is 0 Å². The van der Waals surface area contributed by atoms with E-state index in [-0.39, 0.29) is 15.7 Å². The SMILES string of the molecule is FC(F)(F)c1nc(Cl)c2cccc(Cl)c2n1. The fourth-order valence-corrected chi connectivity index (χ4v) is 1.66. The standard InChI is InChI=1S/C9H3Cl2F3N2/c10-5-3-1-2-4-6(5)15-8(9(12,13)14)16-7(4)11/h1-3H. The van der Waals surface area contributed by atoms with Gasteiger partial charge in [-0.1, -0.05) is 29.3 Å². The molecule has 7 heteroatoms. The van der Waals surface area contributed by atoms with E-state index in [0.717, 1.165) is 0 Å². The lowest BCUT2D eigenvalue weighted by atomic mass is 10.2. The molecule has 0 aliphatic carbocycles. The molecule has 16 heavy (non-hydrogen) atoms. The van der Waals surface area contributed by atoms with Gasteiger partial charge in [0.25, 0.3) is 0 Å². The molecule has 0 N–H and O–H groups in total. The quantitative estimate of drug-likeness (QED) is 0.675. The Morgan fingerprint density at radius 1 is 1.06 bits per heavy atom. The monoisotopic (exact) mass is 266 g/mol. The molecule has 2 aromatic rings. The molecule has 0 amide bonds. The van der Waals surface area contributed by atoms with Gasteiger partial charge in [0, 0.05) is 5.39 Å². The molecule has 0 saturated heterocycles. The number of halogens is 5. The molecule has 0 radical (unpaired) electrons. The van der Waals surface area contributed by atoms with Crippen LogP contribution in [0.2, 0.25) is 10.2 Å². The van der Waals surface area contributed by atoms with Gasteiger partial charge in [-0.25, -0.2) is 9.97 Å². The minimum Gasteiger partial charge on any atom is -0.223 e. The largest absolute Gasteiger partial charge is 0.451 e. The highest BCUT2D eigenvalue weighted by molar-refractivity contribution is 6.38. The highest BCUT2D eigenvalue weighted by atomic mass is 35.5. The molecule has 0 bridgehead atoms. The fraction of sp³-hybridized carbons (Fsp3) is 0.111. The van der Waals surface area contributed by atoms with Crippen LogP contribution in [-0.4, -0.2) is 9.97 Å². The van der Waals surface area contributed by atoms with Crippen molar-refractivity contribution in [2.24, 2.45) is 0 Å². The van der Waals surface area contributed by atoms with Gasteiger partial charge in [0.2, 0.25) is 5.82 Å². The van der Waals surface area contributed by atoms with Gasteiger partial charge in [-0.05, 0) is 12.1 Å². The number of hydrogen-bond donors (Lipinski definition) is 0. The second-order valence-corrected chi connectivity index (χ2v) is 3.74. The summed E-state index contributed by atoms with van der Waals surface area (Å²) in [7, 11) is 0. The summed E-state index contributed by atoms with van der Waals surface area (Å²) in [6.45, 7) is 0. The van der Waals surface area contributed by atoms with E-state index in [1.165, 1.54) is 12.1 Å². The first kappa shape index (κ1) is 11.4. The lowest BCUT2D eigenvalue weighted by Crippen LogP contribution is -2.11. The number of alkyl halides is 3. The number of benzene rings is 1. The van der Waals surface area contributed by atoms with Crippen LogP contribution in [0.1, 0.15) is 5.82 Å². The van der Waals surface area contributed by atoms with Crippen molar-refractivity contribution in [1.29, 1.82) is 0 Å². The van der Waals surface area contributed by atoms with Gasteiger partial charge in [0.1, 0.15) is 5.15 Å². The molecule has 0 unspecified atom stereocenters. The van der Waals surface area contributed by atoms with E-state index in [1.807, 2.05) is 0 Å². The second-order valence-electron chi connectivity index (χ2n) is 2.97. The van der Waals surface area contributed by atoms with Crippen molar-refractivity contribution in [3.8, 4) is 0 Å². The minimum atomic E-state index is -4.64. The Bertz CT molecular complexity index is 554. The van der Waals surface area contributed by atoms with E-state index >= 15 is 0 Å². The zero-order chi connectivity index (χ0) is 11.9. The molecule has 2 nitrogen and oxygen atoms in total. The van der Waals surface area contributed by atoms with Crippen LogP contribution in [0.5, 0.6) is 0 Å². The molecule has 1 heterocycles. The number of hydrogen-bond acceptors (Lipinski definition) is 2. The molecule has 84 valence electrons. The summed E-state index contributed by atoms with van der Waals surface area (Å²) in [5.41, 5.74) is -0.00325. The first-order valence-electron chi connectivity index (χ1n) is 4.08. The van der Waals surface area contributed by atoms with Crippen LogP contribution in [0.3, 0.4) is 0 Å². The average Bonchev–Trinajstić information content (AvgIpc) is 2.18. The van der Waals surface area contributed by atoms with Crippen LogP contribution in [0, 0.1) is 0 Å². The van der Waals surface area contributed by atoms with Gasteiger partial charge >= 0.3 is 6.18 Å². The number of para-hydroxylation sites is 1. The molecular weight excluding hydrogens is 264 g/mol. The van der Waals surface area contributed by atoms with Gasteiger partial charge in [-0.3, -0.25) is 0 Å². The van der Waals surface area contributed by atoms with Crippen molar-refractivity contribution < 1.29 is 13.2 Å². The Morgan fingerprint density at radius 2 is 1.75 bits per heavy atom. The molecule has 0 atom stereocenters. The number of nitrogens with zero attached hydrogens (tertiary/aromatic N) is 2. The number of fused-ring (bicyclic) bond motifs is 1. The third-order valence-electron chi connectivity index (χ3n) is 1.88. The summed E-state index contributed by atoms with van der Waals surface area (Å²) in [4.78, 5) is 6.54. The van der Waals surface area contributed by atoms with Gasteiger partial charge in [0.15, 0.2) is 0 Å². The molecule has 1 aromatic heterocycles. The Kier molecular flexibility index (Phi) is 2.67. The van der Waals surface area contributed by atoms with Crippen molar-refractivity contribution in [1.82, 2.24) is 9.97 Å². The van der Waals surface area contributed by atoms with E-state index in [1.54, 1.807) is 6.07 Å². The molecule has 2 rings (SSSR count). The van der Waals surface area contributed by atoms with Crippen LogP contribution < -0.4 is 0 Å². The van der Waals surface area contributed by atoms with Crippen molar-refractivity contribution in [2.45, 2.75) is 6.18 Å². The van der Waals surface area contributed by atoms with E-state index < -0.39 is 12.0 Å². The Balaban J connectivity index is 2.81. The highest BCUT2D eigenvalue weighted by Gasteiger charge is 2.35. The van der Waals surface area contributed by atoms with Crippen LogP contribution in [0.25, 0.3) is 10.9 Å². The Labute approximate surface area is 98.0 Å². The maximum absolute atomic E-state index is 12.4. The summed E-state index contributed by atoms with van der Waals surface area (Å²) >= 11 is 11.4. The topological polar surface area (TPSA) is 25.8 Å². The summed E-state index contributed by atoms with van der Waals surface area (Å²) in [6, 6.07) is 4.50. The van der Waals surface area contributed by atoms with Crippen LogP contribution in [-0.2, 0) is 6.18 Å². The zero-order valence-electron chi connectivity index (χ0n) is 7.52. The van der Waals surface area contributed by atoms with Crippen LogP contribution >= 0.6 is 23.2 Å². The summed E-state index contributed by atoms with van der Waals surface area (Å²) < 4.78 is 37.2. The Hall–Kier alpha value is -1.07. The lowest BCUT2D eigenvalue weighted by molar-refractivity contribution is -0.144. The third kappa shape index (κ3) is 1.92. The van der Waals surface area contributed by atoms with Crippen molar-refractivity contribution in [2.75, 3.05) is 0 Å². The first-order chi connectivity index (χ1) is 7.39. The smallest absolute Gasteiger partial charge is 0.223 e. The summed E-state index contributed by atoms with van der Waals surface area (Å²) in [6.07, 6.45) is -4.64. The molecule has 0 aliphatic rings.